The van der Waals surface area contributed by atoms with Crippen molar-refractivity contribution in [3.05, 3.63) is 75.6 Å². The molecule has 3 aromatic rings. The molecular formula is C26H30N2O5S. The molecule has 1 atom stereocenters. The number of benzene rings is 2. The molecule has 0 N–H and O–H groups in total. The second-order valence-electron chi connectivity index (χ2n) is 8.80. The van der Waals surface area contributed by atoms with Crippen LogP contribution in [0.4, 0.5) is 5.69 Å². The Hall–Kier alpha value is -3.13. The molecule has 8 heteroatoms. The zero-order valence-corrected chi connectivity index (χ0v) is 20.6. The van der Waals surface area contributed by atoms with Crippen LogP contribution in [0.1, 0.15) is 41.9 Å². The van der Waals surface area contributed by atoms with Gasteiger partial charge in [-0.1, -0.05) is 23.8 Å². The number of amides is 1. The monoisotopic (exact) mass is 482 g/mol. The van der Waals surface area contributed by atoms with E-state index in [2.05, 4.69) is 18.7 Å². The fourth-order valence-corrected chi connectivity index (χ4v) is 6.23. The van der Waals surface area contributed by atoms with Crippen LogP contribution in [0.2, 0.25) is 0 Å². The van der Waals surface area contributed by atoms with Gasteiger partial charge >= 0.3 is 0 Å². The van der Waals surface area contributed by atoms with Crippen molar-refractivity contribution in [1.29, 1.82) is 0 Å². The van der Waals surface area contributed by atoms with Crippen molar-refractivity contribution in [1.82, 2.24) is 4.90 Å². The number of hydrogen-bond donors (Lipinski definition) is 0. The summed E-state index contributed by atoms with van der Waals surface area (Å²) in [6.07, 6.45) is 0.364. The van der Waals surface area contributed by atoms with E-state index in [1.165, 1.54) is 11.0 Å². The van der Waals surface area contributed by atoms with Gasteiger partial charge in [0.2, 0.25) is 0 Å². The molecule has 1 aromatic heterocycles. The lowest BCUT2D eigenvalue weighted by Crippen LogP contribution is -2.41. The van der Waals surface area contributed by atoms with Gasteiger partial charge in [0.05, 0.1) is 16.9 Å². The molecule has 1 aliphatic heterocycles. The van der Waals surface area contributed by atoms with Gasteiger partial charge in [-0.05, 0) is 57.0 Å². The molecule has 2 heterocycles. The Kier molecular flexibility index (Phi) is 6.79. The molecule has 34 heavy (non-hydrogen) atoms. The molecule has 0 spiro atoms. The molecule has 0 unspecified atom stereocenters. The number of carbonyl (C=O) groups excluding carboxylic acids is 1. The van der Waals surface area contributed by atoms with E-state index in [0.717, 1.165) is 29.9 Å². The Morgan fingerprint density at radius 1 is 1.06 bits per heavy atom. The number of hydrogen-bond acceptors (Lipinski definition) is 6. The van der Waals surface area contributed by atoms with Crippen LogP contribution in [0, 0.1) is 6.92 Å². The Labute approximate surface area is 199 Å². The van der Waals surface area contributed by atoms with Gasteiger partial charge in [-0.15, -0.1) is 0 Å². The van der Waals surface area contributed by atoms with Gasteiger partial charge in [-0.2, -0.15) is 0 Å². The van der Waals surface area contributed by atoms with Gasteiger partial charge < -0.3 is 14.2 Å². The van der Waals surface area contributed by atoms with Crippen LogP contribution in [-0.2, 0) is 16.4 Å². The van der Waals surface area contributed by atoms with E-state index in [0.29, 0.717) is 17.4 Å². The van der Waals surface area contributed by atoms with Crippen LogP contribution in [0.5, 0.6) is 0 Å². The molecule has 7 nitrogen and oxygen atoms in total. The van der Waals surface area contributed by atoms with E-state index in [1.807, 2.05) is 37.3 Å². The maximum absolute atomic E-state index is 13.6. The van der Waals surface area contributed by atoms with Gasteiger partial charge in [0.15, 0.2) is 21.0 Å². The first-order valence-corrected chi connectivity index (χ1v) is 13.4. The predicted octanol–water partition coefficient (Wildman–Crippen LogP) is 3.78. The maximum atomic E-state index is 13.6. The van der Waals surface area contributed by atoms with E-state index < -0.39 is 21.8 Å². The lowest BCUT2D eigenvalue weighted by atomic mass is 10.1. The summed E-state index contributed by atoms with van der Waals surface area (Å²) in [6.45, 7) is 8.08. The number of sulfone groups is 1. The first-order valence-electron chi connectivity index (χ1n) is 11.6. The highest BCUT2D eigenvalue weighted by atomic mass is 32.2. The highest BCUT2D eigenvalue weighted by Crippen LogP contribution is 2.24. The molecule has 0 saturated carbocycles. The second kappa shape index (κ2) is 9.62. The molecule has 2 aromatic carbocycles. The van der Waals surface area contributed by atoms with Crippen LogP contribution in [-0.4, -0.2) is 49.9 Å². The molecule has 0 bridgehead atoms. The molecule has 0 aliphatic carbocycles. The fourth-order valence-electron chi connectivity index (χ4n) is 4.50. The first-order chi connectivity index (χ1) is 16.2. The van der Waals surface area contributed by atoms with Gasteiger partial charge in [0, 0.05) is 37.4 Å². The van der Waals surface area contributed by atoms with Gasteiger partial charge in [-0.25, -0.2) is 8.42 Å². The third-order valence-corrected chi connectivity index (χ3v) is 8.17. The Bertz CT molecular complexity index is 1360. The summed E-state index contributed by atoms with van der Waals surface area (Å²) in [4.78, 5) is 30.0. The van der Waals surface area contributed by atoms with Crippen molar-refractivity contribution in [2.45, 2.75) is 39.8 Å². The van der Waals surface area contributed by atoms with Crippen molar-refractivity contribution in [3.8, 4) is 0 Å². The molecule has 1 amide bonds. The topological polar surface area (TPSA) is 87.9 Å². The molecule has 1 fully saturated rings. The van der Waals surface area contributed by atoms with Gasteiger partial charge in [-0.3, -0.25) is 9.59 Å². The van der Waals surface area contributed by atoms with Gasteiger partial charge in [0.25, 0.3) is 5.91 Å². The van der Waals surface area contributed by atoms with Crippen LogP contribution >= 0.6 is 0 Å². The molecule has 4 rings (SSSR count). The summed E-state index contributed by atoms with van der Waals surface area (Å²) in [5.74, 6) is -0.601. The number of rotatable bonds is 7. The van der Waals surface area contributed by atoms with E-state index in [-0.39, 0.29) is 29.2 Å². The Morgan fingerprint density at radius 3 is 2.38 bits per heavy atom. The molecule has 0 radical (unpaired) electrons. The van der Waals surface area contributed by atoms with Crippen LogP contribution in [0.25, 0.3) is 11.0 Å². The minimum absolute atomic E-state index is 0.0449. The molecule has 180 valence electrons. The number of fused-ring (bicyclic) bond motifs is 1. The number of carbonyl (C=O) groups is 1. The van der Waals surface area contributed by atoms with Crippen molar-refractivity contribution in [2.75, 3.05) is 29.5 Å². The lowest BCUT2D eigenvalue weighted by molar-refractivity contribution is 0.0648. The van der Waals surface area contributed by atoms with Crippen molar-refractivity contribution >= 4 is 32.4 Å². The van der Waals surface area contributed by atoms with Crippen LogP contribution < -0.4 is 10.3 Å². The zero-order chi connectivity index (χ0) is 24.5. The minimum atomic E-state index is -3.21. The van der Waals surface area contributed by atoms with Crippen molar-refractivity contribution < 1.29 is 17.6 Å². The quantitative estimate of drug-likeness (QED) is 0.509. The van der Waals surface area contributed by atoms with Crippen LogP contribution in [0.3, 0.4) is 0 Å². The first kappa shape index (κ1) is 24.0. The predicted molar refractivity (Wildman–Crippen MR) is 134 cm³/mol. The summed E-state index contributed by atoms with van der Waals surface area (Å²) in [5, 5.41) is 0.415. The molecule has 1 aliphatic rings. The lowest BCUT2D eigenvalue weighted by Gasteiger charge is -2.28. The summed E-state index contributed by atoms with van der Waals surface area (Å²) in [5.41, 5.74) is 2.93. The standard InChI is InChI=1S/C26H30N2O5S/c1-4-27(5-2)20-9-7-19(8-10-20)16-28(21-12-13-34(31,32)17-21)26(30)25-15-23(29)22-14-18(3)6-11-24(22)33-25/h6-11,14-15,21H,4-5,12-13,16-17H2,1-3H3/t21-/m1/s1. The number of aryl methyl sites for hydroxylation is 1. The van der Waals surface area contributed by atoms with Crippen molar-refractivity contribution in [2.24, 2.45) is 0 Å². The molecular weight excluding hydrogens is 452 g/mol. The Balaban J connectivity index is 1.68. The molecule has 1 saturated heterocycles. The zero-order valence-electron chi connectivity index (χ0n) is 19.8. The number of anilines is 1. The van der Waals surface area contributed by atoms with Crippen molar-refractivity contribution in [3.63, 3.8) is 0 Å². The van der Waals surface area contributed by atoms with E-state index in [9.17, 15) is 18.0 Å². The summed E-state index contributed by atoms with van der Waals surface area (Å²) in [7, 11) is -3.21. The number of nitrogens with zero attached hydrogens (tertiary/aromatic N) is 2. The summed E-state index contributed by atoms with van der Waals surface area (Å²) in [6, 6.07) is 13.9. The van der Waals surface area contributed by atoms with Crippen LogP contribution in [0.15, 0.2) is 57.7 Å². The summed E-state index contributed by atoms with van der Waals surface area (Å²) >= 11 is 0. The average molecular weight is 483 g/mol. The third-order valence-electron chi connectivity index (χ3n) is 6.42. The van der Waals surface area contributed by atoms with Gasteiger partial charge in [0.1, 0.15) is 5.58 Å². The summed E-state index contributed by atoms with van der Waals surface area (Å²) < 4.78 is 30.2. The highest BCUT2D eigenvalue weighted by Gasteiger charge is 2.36. The third kappa shape index (κ3) is 5.01. The minimum Gasteiger partial charge on any atom is -0.451 e. The smallest absolute Gasteiger partial charge is 0.290 e. The van der Waals surface area contributed by atoms with E-state index >= 15 is 0 Å². The maximum Gasteiger partial charge on any atom is 0.290 e. The highest BCUT2D eigenvalue weighted by molar-refractivity contribution is 7.91. The normalized spacial score (nSPS) is 17.1. The Morgan fingerprint density at radius 2 is 1.76 bits per heavy atom. The SMILES string of the molecule is CCN(CC)c1ccc(CN(C(=O)c2cc(=O)c3cc(C)ccc3o2)[C@@H]2CCS(=O)(=O)C2)cc1. The fraction of sp³-hybridized carbons (Fsp3) is 0.385. The largest absolute Gasteiger partial charge is 0.451 e. The average Bonchev–Trinajstić information content (AvgIpc) is 3.18. The second-order valence-corrected chi connectivity index (χ2v) is 11.0. The van der Waals surface area contributed by atoms with E-state index in [1.54, 1.807) is 12.1 Å². The van der Waals surface area contributed by atoms with E-state index in [4.69, 9.17) is 4.42 Å².